The Balaban J connectivity index is 1.50. The SMILES string of the molecule is C[C@H](NC(=O)NCCn1ccnc1)c1ccc2c(c1)OCCO2. The molecule has 1 aromatic carbocycles. The average molecular weight is 316 g/mol. The van der Waals surface area contributed by atoms with E-state index in [0.717, 1.165) is 17.1 Å². The first-order valence-electron chi connectivity index (χ1n) is 7.62. The molecule has 1 aliphatic heterocycles. The summed E-state index contributed by atoms with van der Waals surface area (Å²) < 4.78 is 13.0. The Labute approximate surface area is 134 Å². The highest BCUT2D eigenvalue weighted by molar-refractivity contribution is 5.74. The van der Waals surface area contributed by atoms with Crippen molar-refractivity contribution in [1.82, 2.24) is 20.2 Å². The van der Waals surface area contributed by atoms with E-state index in [-0.39, 0.29) is 12.1 Å². The molecule has 0 aliphatic carbocycles. The number of imidazole rings is 1. The molecule has 7 heteroatoms. The first-order chi connectivity index (χ1) is 11.2. The Morgan fingerprint density at radius 3 is 2.96 bits per heavy atom. The molecular formula is C16H20N4O3. The van der Waals surface area contributed by atoms with Gasteiger partial charge in [0.15, 0.2) is 11.5 Å². The number of carbonyl (C=O) groups is 1. The van der Waals surface area contributed by atoms with Crippen LogP contribution in [0.3, 0.4) is 0 Å². The minimum absolute atomic E-state index is 0.126. The van der Waals surface area contributed by atoms with Crippen molar-refractivity contribution in [3.63, 3.8) is 0 Å². The lowest BCUT2D eigenvalue weighted by Gasteiger charge is -2.21. The van der Waals surface area contributed by atoms with E-state index in [0.29, 0.717) is 26.3 Å². The summed E-state index contributed by atoms with van der Waals surface area (Å²) in [7, 11) is 0. The number of rotatable bonds is 5. The van der Waals surface area contributed by atoms with Crippen LogP contribution in [0.25, 0.3) is 0 Å². The van der Waals surface area contributed by atoms with E-state index >= 15 is 0 Å². The van der Waals surface area contributed by atoms with Crippen LogP contribution in [0.5, 0.6) is 11.5 Å². The van der Waals surface area contributed by atoms with Crippen LogP contribution in [0.1, 0.15) is 18.5 Å². The fraction of sp³-hybridized carbons (Fsp3) is 0.375. The molecule has 1 aliphatic rings. The van der Waals surface area contributed by atoms with E-state index in [2.05, 4.69) is 15.6 Å². The summed E-state index contributed by atoms with van der Waals surface area (Å²) in [6.45, 7) is 4.27. The molecule has 0 unspecified atom stereocenters. The first kappa shape index (κ1) is 15.2. The van der Waals surface area contributed by atoms with Gasteiger partial charge >= 0.3 is 6.03 Å². The molecule has 0 radical (unpaired) electrons. The molecule has 122 valence electrons. The molecule has 1 aromatic heterocycles. The summed E-state index contributed by atoms with van der Waals surface area (Å²) in [4.78, 5) is 15.9. The Morgan fingerprint density at radius 1 is 1.35 bits per heavy atom. The van der Waals surface area contributed by atoms with Gasteiger partial charge in [-0.25, -0.2) is 9.78 Å². The molecule has 2 aromatic rings. The second-order valence-corrected chi connectivity index (χ2v) is 5.33. The molecule has 3 rings (SSSR count). The normalized spacial score (nSPS) is 14.1. The zero-order valence-electron chi connectivity index (χ0n) is 13.0. The number of hydrogen-bond acceptors (Lipinski definition) is 4. The molecule has 2 heterocycles. The van der Waals surface area contributed by atoms with Crippen molar-refractivity contribution in [3.8, 4) is 11.5 Å². The minimum atomic E-state index is -0.201. The lowest BCUT2D eigenvalue weighted by atomic mass is 10.1. The number of amides is 2. The van der Waals surface area contributed by atoms with E-state index in [4.69, 9.17) is 9.47 Å². The molecule has 7 nitrogen and oxygen atoms in total. The van der Waals surface area contributed by atoms with Crippen molar-refractivity contribution in [3.05, 3.63) is 42.5 Å². The summed E-state index contributed by atoms with van der Waals surface area (Å²) in [5.74, 6) is 1.47. The quantitative estimate of drug-likeness (QED) is 0.880. The standard InChI is InChI=1S/C16H20N4O3/c1-12(13-2-3-14-15(10-13)23-9-8-22-14)19-16(21)18-5-7-20-6-4-17-11-20/h2-4,6,10-12H,5,7-9H2,1H3,(H2,18,19,21)/t12-/m0/s1. The topological polar surface area (TPSA) is 77.4 Å². The first-order valence-corrected chi connectivity index (χ1v) is 7.62. The van der Waals surface area contributed by atoms with Crippen LogP contribution < -0.4 is 20.1 Å². The number of urea groups is 1. The number of hydrogen-bond donors (Lipinski definition) is 2. The van der Waals surface area contributed by atoms with Gasteiger partial charge in [0.1, 0.15) is 13.2 Å². The van der Waals surface area contributed by atoms with Crippen LogP contribution in [0.2, 0.25) is 0 Å². The summed E-state index contributed by atoms with van der Waals surface area (Å²) in [5, 5.41) is 5.74. The molecular weight excluding hydrogens is 296 g/mol. The number of ether oxygens (including phenoxy) is 2. The van der Waals surface area contributed by atoms with Crippen molar-refractivity contribution >= 4 is 6.03 Å². The summed E-state index contributed by atoms with van der Waals surface area (Å²) in [6, 6.07) is 5.39. The molecule has 2 N–H and O–H groups in total. The number of fused-ring (bicyclic) bond motifs is 1. The second kappa shape index (κ2) is 7.04. The highest BCUT2D eigenvalue weighted by Crippen LogP contribution is 2.32. The zero-order chi connectivity index (χ0) is 16.1. The molecule has 0 spiro atoms. The third-order valence-electron chi connectivity index (χ3n) is 3.63. The Morgan fingerprint density at radius 2 is 2.17 bits per heavy atom. The average Bonchev–Trinajstić information content (AvgIpc) is 3.07. The fourth-order valence-corrected chi connectivity index (χ4v) is 2.38. The van der Waals surface area contributed by atoms with Crippen LogP contribution in [-0.4, -0.2) is 35.3 Å². The number of benzene rings is 1. The molecule has 2 amide bonds. The monoisotopic (exact) mass is 316 g/mol. The number of aromatic nitrogens is 2. The maximum absolute atomic E-state index is 11.9. The van der Waals surface area contributed by atoms with Crippen molar-refractivity contribution in [1.29, 1.82) is 0 Å². The van der Waals surface area contributed by atoms with E-state index in [9.17, 15) is 4.79 Å². The molecule has 0 saturated heterocycles. The van der Waals surface area contributed by atoms with E-state index in [1.54, 1.807) is 12.5 Å². The maximum atomic E-state index is 11.9. The van der Waals surface area contributed by atoms with E-state index in [1.807, 2.05) is 35.9 Å². The van der Waals surface area contributed by atoms with Gasteiger partial charge in [0.2, 0.25) is 0 Å². The van der Waals surface area contributed by atoms with Gasteiger partial charge in [-0.2, -0.15) is 0 Å². The molecule has 23 heavy (non-hydrogen) atoms. The van der Waals surface area contributed by atoms with Crippen molar-refractivity contribution in [2.75, 3.05) is 19.8 Å². The summed E-state index contributed by atoms with van der Waals surface area (Å²) >= 11 is 0. The Bertz CT molecular complexity index is 657. The summed E-state index contributed by atoms with van der Waals surface area (Å²) in [5.41, 5.74) is 0.971. The highest BCUT2D eigenvalue weighted by Gasteiger charge is 2.15. The van der Waals surface area contributed by atoms with Crippen LogP contribution >= 0.6 is 0 Å². The predicted molar refractivity (Wildman–Crippen MR) is 84.6 cm³/mol. The lowest BCUT2D eigenvalue weighted by molar-refractivity contribution is 0.171. The largest absolute Gasteiger partial charge is 0.486 e. The third-order valence-corrected chi connectivity index (χ3v) is 3.63. The van der Waals surface area contributed by atoms with Crippen molar-refractivity contribution in [2.24, 2.45) is 0 Å². The second-order valence-electron chi connectivity index (χ2n) is 5.33. The third kappa shape index (κ3) is 3.94. The van der Waals surface area contributed by atoms with Gasteiger partial charge in [-0.1, -0.05) is 6.07 Å². The summed E-state index contributed by atoms with van der Waals surface area (Å²) in [6.07, 6.45) is 5.29. The van der Waals surface area contributed by atoms with Gasteiger partial charge in [-0.3, -0.25) is 0 Å². The number of nitrogens with zero attached hydrogens (tertiary/aromatic N) is 2. The van der Waals surface area contributed by atoms with Gasteiger partial charge in [-0.15, -0.1) is 0 Å². The molecule has 0 bridgehead atoms. The maximum Gasteiger partial charge on any atom is 0.315 e. The highest BCUT2D eigenvalue weighted by atomic mass is 16.6. The predicted octanol–water partition coefficient (Wildman–Crippen LogP) is 1.71. The van der Waals surface area contributed by atoms with Crippen LogP contribution in [0, 0.1) is 0 Å². The Kier molecular flexibility index (Phi) is 4.65. The Hall–Kier alpha value is -2.70. The van der Waals surface area contributed by atoms with Gasteiger partial charge in [0, 0.05) is 25.5 Å². The van der Waals surface area contributed by atoms with Gasteiger partial charge in [-0.05, 0) is 24.6 Å². The van der Waals surface area contributed by atoms with E-state index in [1.165, 1.54) is 0 Å². The molecule has 1 atom stereocenters. The van der Waals surface area contributed by atoms with Crippen molar-refractivity contribution < 1.29 is 14.3 Å². The number of carbonyl (C=O) groups excluding carboxylic acids is 1. The van der Waals surface area contributed by atoms with E-state index < -0.39 is 0 Å². The smallest absolute Gasteiger partial charge is 0.315 e. The molecule has 0 fully saturated rings. The lowest BCUT2D eigenvalue weighted by Crippen LogP contribution is -2.38. The van der Waals surface area contributed by atoms with Gasteiger partial charge in [0.05, 0.1) is 12.4 Å². The fourth-order valence-electron chi connectivity index (χ4n) is 2.38. The van der Waals surface area contributed by atoms with Gasteiger partial charge in [0.25, 0.3) is 0 Å². The minimum Gasteiger partial charge on any atom is -0.486 e. The van der Waals surface area contributed by atoms with Gasteiger partial charge < -0.3 is 24.7 Å². The zero-order valence-corrected chi connectivity index (χ0v) is 13.0. The van der Waals surface area contributed by atoms with Crippen molar-refractivity contribution in [2.45, 2.75) is 19.5 Å². The number of nitrogens with one attached hydrogen (secondary N) is 2. The van der Waals surface area contributed by atoms with Crippen LogP contribution in [0.4, 0.5) is 4.79 Å². The molecule has 0 saturated carbocycles. The van der Waals surface area contributed by atoms with Crippen LogP contribution in [-0.2, 0) is 6.54 Å². The van der Waals surface area contributed by atoms with Crippen LogP contribution in [0.15, 0.2) is 36.9 Å².